The van der Waals surface area contributed by atoms with Crippen LogP contribution in [-0.4, -0.2) is 86.5 Å². The number of fused-ring (bicyclic) bond motifs is 6. The maximum atomic E-state index is 11.6. The van der Waals surface area contributed by atoms with Gasteiger partial charge in [0.05, 0.1) is 51.4 Å². The van der Waals surface area contributed by atoms with Gasteiger partial charge in [-0.3, -0.25) is 9.80 Å². The molecule has 47 heavy (non-hydrogen) atoms. The molecular weight excluding hydrogens is 592 g/mol. The quantitative estimate of drug-likeness (QED) is 0.344. The summed E-state index contributed by atoms with van der Waals surface area (Å²) in [5.74, 6) is -10.0. The van der Waals surface area contributed by atoms with E-state index in [0.717, 1.165) is 32.4 Å². The molecule has 4 aliphatic rings. The summed E-state index contributed by atoms with van der Waals surface area (Å²) in [5, 5.41) is 22.8. The molecule has 0 saturated carbocycles. The van der Waals surface area contributed by atoms with Gasteiger partial charge in [-0.25, -0.2) is 0 Å². The zero-order valence-corrected chi connectivity index (χ0v) is 26.2. The zero-order chi connectivity index (χ0) is 63.9. The van der Waals surface area contributed by atoms with Gasteiger partial charge in [-0.05, 0) is 108 Å². The fourth-order valence-electron chi connectivity index (χ4n) is 5.09. The van der Waals surface area contributed by atoms with Crippen LogP contribution < -0.4 is 18.9 Å². The van der Waals surface area contributed by atoms with Crippen molar-refractivity contribution in [3.05, 3.63) is 46.5 Å². The minimum atomic E-state index is -4.57. The predicted molar refractivity (Wildman–Crippen MR) is 187 cm³/mol. The molecule has 2 aromatic carbocycles. The average molecular weight is 687 g/mol. The highest BCUT2D eigenvalue weighted by atomic mass is 16.5. The van der Waals surface area contributed by atoms with Gasteiger partial charge in [0.1, 0.15) is 0 Å². The second-order valence-corrected chi connectivity index (χ2v) is 11.3. The molecule has 2 aromatic rings. The van der Waals surface area contributed by atoms with E-state index >= 15 is 0 Å². The number of nitrogens with zero attached hydrogens (tertiary/aromatic N) is 2. The molecule has 4 aliphatic heterocycles. The maximum Gasteiger partial charge on any atom is 0.161 e. The normalized spacial score (nSPS) is 54.3. The summed E-state index contributed by atoms with van der Waals surface area (Å²) in [5.41, 5.74) is -6.35. The van der Waals surface area contributed by atoms with Crippen molar-refractivity contribution in [2.24, 2.45) is 23.1 Å². The lowest BCUT2D eigenvalue weighted by Crippen LogP contribution is -2.48. The van der Waals surface area contributed by atoms with Crippen molar-refractivity contribution in [3.8, 4) is 23.0 Å². The summed E-state index contributed by atoms with van der Waals surface area (Å²) < 4.78 is 304. The Bertz CT molecular complexity index is 2740. The van der Waals surface area contributed by atoms with Crippen molar-refractivity contribution in [1.82, 2.24) is 9.80 Å². The van der Waals surface area contributed by atoms with E-state index in [-0.39, 0.29) is 22.5 Å². The van der Waals surface area contributed by atoms with Crippen LogP contribution in [0.4, 0.5) is 0 Å². The number of rotatable bonds is 7. The van der Waals surface area contributed by atoms with E-state index in [9.17, 15) is 10.2 Å². The van der Waals surface area contributed by atoms with Gasteiger partial charge in [0.15, 0.2) is 23.0 Å². The first kappa shape index (κ1) is 12.4. The Hall–Kier alpha value is -2.52. The Morgan fingerprint density at radius 3 is 1.74 bits per heavy atom. The van der Waals surface area contributed by atoms with E-state index in [2.05, 4.69) is 0 Å². The Balaban J connectivity index is 0.000000305. The number of ether oxygens (including phenoxy) is 4. The van der Waals surface area contributed by atoms with Gasteiger partial charge in [0.2, 0.25) is 0 Å². The molecule has 0 bridgehead atoms. The molecule has 2 N–H and O–H groups in total. The molecule has 8 nitrogen and oxygen atoms in total. The molecule has 6 unspecified atom stereocenters. The van der Waals surface area contributed by atoms with Crippen molar-refractivity contribution >= 4 is 0 Å². The number of aryl methyl sites for hydroxylation is 2. The minimum absolute atomic E-state index is 0.228. The number of hydrogen-bond acceptors (Lipinski definition) is 8. The molecule has 6 atom stereocenters. The molecule has 0 radical (unpaired) electrons. The highest BCUT2D eigenvalue weighted by Crippen LogP contribution is 2.45. The van der Waals surface area contributed by atoms with E-state index in [0.29, 0.717) is 6.07 Å². The van der Waals surface area contributed by atoms with Gasteiger partial charge in [0.25, 0.3) is 0 Å². The largest absolute Gasteiger partial charge is 0.493 e. The van der Waals surface area contributed by atoms with Crippen LogP contribution in [0.3, 0.4) is 0 Å². The van der Waals surface area contributed by atoms with Crippen LogP contribution in [0.25, 0.3) is 0 Å². The first-order chi connectivity index (χ1) is 35.4. The molecule has 8 heteroatoms. The highest BCUT2D eigenvalue weighted by molar-refractivity contribution is 5.50. The molecule has 6 rings (SSSR count). The summed E-state index contributed by atoms with van der Waals surface area (Å²) in [6.07, 6.45) is -26.6. The third kappa shape index (κ3) is 8.04. The molecule has 0 aromatic heterocycles. The fourth-order valence-corrected chi connectivity index (χ4v) is 5.09. The Morgan fingerprint density at radius 2 is 1.30 bits per heavy atom. The SMILES string of the molecule is [2H]C([2H])([2H])Oc1cc2c(cc1OC)C([2H])([2H])C([2H])([2H])N1C2C([2H])([2H])C([2H])(O)C([2H])(C([2H])([2H])C(C)(C([2H])([2H])[2H])C([2H])([2H])[2H])C1([2H])[2H].[2H]C([2H])([2H])Oc1cc2c(cc1OC)C([2H])([2H])C([2H])([2H])N1C2C([2H])([2H])C([2H])(O)C([2H])(CC(C)C)C1([2H])[2H]. The fraction of sp³-hybridized carbons (Fsp3) is 0.692. The molecule has 0 aliphatic carbocycles. The average Bonchev–Trinajstić information content (AvgIpc) is 3.24. The molecule has 2 fully saturated rings. The van der Waals surface area contributed by atoms with Crippen molar-refractivity contribution in [1.29, 1.82) is 0 Å². The molecule has 0 amide bonds. The van der Waals surface area contributed by atoms with Crippen LogP contribution in [0.2, 0.25) is 0 Å². The van der Waals surface area contributed by atoms with Crippen molar-refractivity contribution in [2.75, 3.05) is 54.3 Å². The standard InChI is InChI=1S/C20H31NO3.C19H29NO3/c1-20(2,3)11-14-12-21-7-6-13-8-18(23-4)19(24-5)9-15(13)16(21)10-17(14)22;1-12(2)7-14-11-20-6-5-13-8-18(22-3)19(23-4)9-15(13)16(20)10-17(14)21/h8-9,14,16-17,22H,6-7,10-12H2,1-5H3;8-9,12,14,16-17,21H,5-7,10-11H2,1-4H3/i1D3,2D3,5D3,6D2,7D2,10D2,11D2,12D2,14D,17D;4D3,5D2,6D2,10D2,11D2,14D,17D. The third-order valence-electron chi connectivity index (χ3n) is 7.16. The van der Waals surface area contributed by atoms with Gasteiger partial charge >= 0.3 is 0 Å². The van der Waals surface area contributed by atoms with Crippen LogP contribution in [0, 0.1) is 23.1 Å². The smallest absolute Gasteiger partial charge is 0.161 e. The molecular formula is C39H60N2O6. The van der Waals surface area contributed by atoms with E-state index in [1.165, 1.54) is 0 Å². The predicted octanol–water partition coefficient (Wildman–Crippen LogP) is 6.45. The molecule has 4 heterocycles. The van der Waals surface area contributed by atoms with Crippen molar-refractivity contribution in [2.45, 2.75) is 97.0 Å². The number of hydrogen-bond donors (Lipinski definition) is 2. The third-order valence-corrected chi connectivity index (χ3v) is 7.16. The molecule has 262 valence electrons. The monoisotopic (exact) mass is 687 g/mol. The maximum absolute atomic E-state index is 11.6. The zero-order valence-electron chi connectivity index (χ0n) is 60.2. The van der Waals surface area contributed by atoms with Crippen LogP contribution >= 0.6 is 0 Å². The number of methoxy groups -OCH3 is 4. The van der Waals surface area contributed by atoms with E-state index in [1.807, 2.05) is 0 Å². The Kier molecular flexibility index (Phi) is 3.93. The van der Waals surface area contributed by atoms with Gasteiger partial charge in [-0.2, -0.15) is 0 Å². The number of piperidine rings is 2. The summed E-state index contributed by atoms with van der Waals surface area (Å²) in [6, 6.07) is -1.60. The van der Waals surface area contributed by atoms with E-state index in [4.69, 9.17) is 65.6 Å². The second-order valence-electron chi connectivity index (χ2n) is 11.3. The van der Waals surface area contributed by atoms with Crippen molar-refractivity contribution < 1.29 is 75.8 Å². The van der Waals surface area contributed by atoms with Crippen LogP contribution in [0.5, 0.6) is 23.0 Å². The Morgan fingerprint density at radius 1 is 0.830 bits per heavy atom. The first-order valence-electron chi connectivity index (χ1n) is 31.3. The first-order valence-corrected chi connectivity index (χ1v) is 14.3. The van der Waals surface area contributed by atoms with Crippen LogP contribution in [0.1, 0.15) is 141 Å². The van der Waals surface area contributed by atoms with E-state index in [1.54, 1.807) is 13.8 Å². The minimum Gasteiger partial charge on any atom is -0.493 e. The lowest BCUT2D eigenvalue weighted by molar-refractivity contribution is -0.0259. The van der Waals surface area contributed by atoms with E-state index < -0.39 is 179 Å². The highest BCUT2D eigenvalue weighted by Gasteiger charge is 2.41. The topological polar surface area (TPSA) is 83.9 Å². The molecule has 0 spiro atoms. The summed E-state index contributed by atoms with van der Waals surface area (Å²) in [7, 11) is -4.05. The Labute approximate surface area is 331 Å². The number of aliphatic hydroxyl groups is 2. The number of benzene rings is 2. The lowest BCUT2D eigenvalue weighted by atomic mass is 9.75. The molecule has 2 saturated heterocycles. The van der Waals surface area contributed by atoms with Crippen LogP contribution in [0.15, 0.2) is 24.3 Å². The summed E-state index contributed by atoms with van der Waals surface area (Å²) in [4.78, 5) is -0.0897. The van der Waals surface area contributed by atoms with Gasteiger partial charge < -0.3 is 29.2 Å². The van der Waals surface area contributed by atoms with Crippen LogP contribution in [-0.2, 0) is 12.7 Å². The van der Waals surface area contributed by atoms with Gasteiger partial charge in [0, 0.05) is 73.7 Å². The van der Waals surface area contributed by atoms with Gasteiger partial charge in [-0.1, -0.05) is 34.5 Å². The summed E-state index contributed by atoms with van der Waals surface area (Å²) in [6.45, 7) is -19.2. The second kappa shape index (κ2) is 14.9. The lowest BCUT2D eigenvalue weighted by Gasteiger charge is -2.47. The van der Waals surface area contributed by atoms with Crippen molar-refractivity contribution in [3.63, 3.8) is 0 Å². The summed E-state index contributed by atoms with van der Waals surface area (Å²) >= 11 is 0. The van der Waals surface area contributed by atoms with Gasteiger partial charge in [-0.15, -0.1) is 0 Å².